The lowest BCUT2D eigenvalue weighted by Crippen LogP contribution is -2.15. The van der Waals surface area contributed by atoms with Gasteiger partial charge in [0.1, 0.15) is 10.6 Å². The van der Waals surface area contributed by atoms with Gasteiger partial charge in [0.2, 0.25) is 0 Å². The summed E-state index contributed by atoms with van der Waals surface area (Å²) in [6.07, 6.45) is 0. The quantitative estimate of drug-likeness (QED) is 0.760. The fourth-order valence-electron chi connectivity index (χ4n) is 2.73. The summed E-state index contributed by atoms with van der Waals surface area (Å²) in [7, 11) is -2.24. The normalized spacial score (nSPS) is 11.3. The summed E-state index contributed by atoms with van der Waals surface area (Å²) in [6.45, 7) is 3.43. The van der Waals surface area contributed by atoms with Crippen molar-refractivity contribution in [2.24, 2.45) is 0 Å². The van der Waals surface area contributed by atoms with Crippen LogP contribution in [0.15, 0.2) is 59.5 Å². The lowest BCUT2D eigenvalue weighted by Gasteiger charge is -2.10. The number of nitrogens with one attached hydrogen (secondary N) is 1. The van der Waals surface area contributed by atoms with E-state index >= 15 is 0 Å². The van der Waals surface area contributed by atoms with Crippen molar-refractivity contribution in [2.75, 3.05) is 11.8 Å². The minimum atomic E-state index is -3.78. The number of methoxy groups -OCH3 is 1. The molecule has 1 N–H and O–H groups in total. The highest BCUT2D eigenvalue weighted by Gasteiger charge is 2.25. The van der Waals surface area contributed by atoms with Crippen LogP contribution in [0.4, 0.5) is 5.69 Å². The van der Waals surface area contributed by atoms with Gasteiger partial charge in [-0.05, 0) is 38.1 Å². The Hall–Kier alpha value is -2.80. The van der Waals surface area contributed by atoms with Crippen molar-refractivity contribution in [3.63, 3.8) is 0 Å². The summed E-state index contributed by atoms with van der Waals surface area (Å²) in [4.78, 5) is 0.180. The summed E-state index contributed by atoms with van der Waals surface area (Å²) < 4.78 is 35.1. The maximum atomic E-state index is 12.9. The molecule has 1 heterocycles. The van der Waals surface area contributed by atoms with Crippen molar-refractivity contribution in [3.05, 3.63) is 66.0 Å². The molecule has 7 heteroatoms. The third-order valence-corrected chi connectivity index (χ3v) is 5.45. The SMILES string of the molecule is COc1cccc(NS(=O)(=O)c2c(C)nn(-c3ccccc3)c2C)c1. The summed E-state index contributed by atoms with van der Waals surface area (Å²) in [5, 5.41) is 4.39. The molecule has 3 rings (SSSR count). The van der Waals surface area contributed by atoms with Crippen molar-refractivity contribution in [2.45, 2.75) is 18.7 Å². The molecule has 6 nitrogen and oxygen atoms in total. The van der Waals surface area contributed by atoms with Gasteiger partial charge in [-0.3, -0.25) is 4.72 Å². The van der Waals surface area contributed by atoms with E-state index in [-0.39, 0.29) is 4.90 Å². The molecule has 0 saturated carbocycles. The third kappa shape index (κ3) is 3.36. The molecule has 0 fully saturated rings. The number of aromatic nitrogens is 2. The first-order valence-electron chi connectivity index (χ1n) is 7.71. The minimum absolute atomic E-state index is 0.180. The molecule has 0 aliphatic carbocycles. The van der Waals surface area contributed by atoms with Crippen LogP contribution in [-0.2, 0) is 10.0 Å². The summed E-state index contributed by atoms with van der Waals surface area (Å²) in [6, 6.07) is 16.2. The number of nitrogens with zero attached hydrogens (tertiary/aromatic N) is 2. The Balaban J connectivity index is 2.02. The first-order chi connectivity index (χ1) is 11.9. The van der Waals surface area contributed by atoms with E-state index in [4.69, 9.17) is 4.74 Å². The molecule has 3 aromatic rings. The van der Waals surface area contributed by atoms with Gasteiger partial charge in [0, 0.05) is 6.07 Å². The van der Waals surface area contributed by atoms with Crippen molar-refractivity contribution < 1.29 is 13.2 Å². The van der Waals surface area contributed by atoms with E-state index in [1.807, 2.05) is 30.3 Å². The number of hydrogen-bond donors (Lipinski definition) is 1. The van der Waals surface area contributed by atoms with Gasteiger partial charge >= 0.3 is 0 Å². The zero-order valence-electron chi connectivity index (χ0n) is 14.2. The molecule has 0 saturated heterocycles. The molecule has 0 radical (unpaired) electrons. The Morgan fingerprint density at radius 2 is 1.76 bits per heavy atom. The van der Waals surface area contributed by atoms with E-state index in [0.29, 0.717) is 22.8 Å². The number of hydrogen-bond acceptors (Lipinski definition) is 4. The molecule has 0 amide bonds. The van der Waals surface area contributed by atoms with Crippen molar-refractivity contribution in [1.82, 2.24) is 9.78 Å². The molecule has 0 aliphatic rings. The standard InChI is InChI=1S/C18H19N3O3S/c1-13-18(14(2)21(19-13)16-9-5-4-6-10-16)25(22,23)20-15-8-7-11-17(12-15)24-3/h4-12,20H,1-3H3. The maximum Gasteiger partial charge on any atom is 0.265 e. The Labute approximate surface area is 147 Å². The Morgan fingerprint density at radius 1 is 1.04 bits per heavy atom. The van der Waals surface area contributed by atoms with E-state index in [9.17, 15) is 8.42 Å². The van der Waals surface area contributed by atoms with Gasteiger partial charge < -0.3 is 4.74 Å². The molecule has 0 spiro atoms. The third-order valence-electron chi connectivity index (χ3n) is 3.82. The Kier molecular flexibility index (Phi) is 4.50. The van der Waals surface area contributed by atoms with Crippen LogP contribution in [0, 0.1) is 13.8 Å². The van der Waals surface area contributed by atoms with Crippen molar-refractivity contribution >= 4 is 15.7 Å². The molecule has 2 aromatic carbocycles. The number of benzene rings is 2. The van der Waals surface area contributed by atoms with Crippen molar-refractivity contribution in [1.29, 1.82) is 0 Å². The number of sulfonamides is 1. The summed E-state index contributed by atoms with van der Waals surface area (Å²) >= 11 is 0. The summed E-state index contributed by atoms with van der Waals surface area (Å²) in [5.41, 5.74) is 2.24. The number of ether oxygens (including phenoxy) is 1. The molecule has 0 unspecified atom stereocenters. The van der Waals surface area contributed by atoms with Crippen LogP contribution < -0.4 is 9.46 Å². The molecule has 130 valence electrons. The molecular weight excluding hydrogens is 338 g/mol. The average Bonchev–Trinajstić information content (AvgIpc) is 2.90. The van der Waals surface area contributed by atoms with Gasteiger partial charge in [0.05, 0.1) is 29.9 Å². The van der Waals surface area contributed by atoms with E-state index < -0.39 is 10.0 Å². The maximum absolute atomic E-state index is 12.9. The van der Waals surface area contributed by atoms with Crippen LogP contribution in [0.1, 0.15) is 11.4 Å². The lowest BCUT2D eigenvalue weighted by atomic mass is 10.3. The van der Waals surface area contributed by atoms with Gasteiger partial charge in [0.15, 0.2) is 0 Å². The van der Waals surface area contributed by atoms with E-state index in [0.717, 1.165) is 5.69 Å². The highest BCUT2D eigenvalue weighted by Crippen LogP contribution is 2.26. The van der Waals surface area contributed by atoms with E-state index in [1.165, 1.54) is 7.11 Å². The minimum Gasteiger partial charge on any atom is -0.497 e. The predicted molar refractivity (Wildman–Crippen MR) is 96.8 cm³/mol. The lowest BCUT2D eigenvalue weighted by molar-refractivity contribution is 0.415. The van der Waals surface area contributed by atoms with Crippen LogP contribution in [-0.4, -0.2) is 25.3 Å². The van der Waals surface area contributed by atoms with Crippen molar-refractivity contribution in [3.8, 4) is 11.4 Å². The van der Waals surface area contributed by atoms with Gasteiger partial charge in [-0.1, -0.05) is 24.3 Å². The Bertz CT molecular complexity index is 996. The zero-order chi connectivity index (χ0) is 18.0. The number of para-hydroxylation sites is 1. The molecule has 25 heavy (non-hydrogen) atoms. The second-order valence-corrected chi connectivity index (χ2v) is 7.20. The first kappa shape index (κ1) is 17.0. The number of aryl methyl sites for hydroxylation is 1. The summed E-state index contributed by atoms with van der Waals surface area (Å²) in [5.74, 6) is 0.577. The van der Waals surface area contributed by atoms with Crippen LogP contribution in [0.2, 0.25) is 0 Å². The van der Waals surface area contributed by atoms with Crippen LogP contribution in [0.5, 0.6) is 5.75 Å². The molecule has 0 bridgehead atoms. The Morgan fingerprint density at radius 3 is 2.44 bits per heavy atom. The predicted octanol–water partition coefficient (Wildman–Crippen LogP) is 3.30. The van der Waals surface area contributed by atoms with Crippen LogP contribution in [0.25, 0.3) is 5.69 Å². The molecule has 0 aliphatic heterocycles. The van der Waals surface area contributed by atoms with Gasteiger partial charge in [-0.2, -0.15) is 5.10 Å². The van der Waals surface area contributed by atoms with Crippen LogP contribution >= 0.6 is 0 Å². The van der Waals surface area contributed by atoms with E-state index in [1.54, 1.807) is 42.8 Å². The van der Waals surface area contributed by atoms with Gasteiger partial charge in [-0.25, -0.2) is 13.1 Å². The van der Waals surface area contributed by atoms with Crippen LogP contribution in [0.3, 0.4) is 0 Å². The number of rotatable bonds is 5. The molecule has 1 aromatic heterocycles. The fourth-order valence-corrected chi connectivity index (χ4v) is 4.18. The average molecular weight is 357 g/mol. The molecule has 0 atom stereocenters. The van der Waals surface area contributed by atoms with E-state index in [2.05, 4.69) is 9.82 Å². The topological polar surface area (TPSA) is 73.2 Å². The van der Waals surface area contributed by atoms with Gasteiger partial charge in [0.25, 0.3) is 10.0 Å². The largest absolute Gasteiger partial charge is 0.497 e. The first-order valence-corrected chi connectivity index (χ1v) is 9.19. The highest BCUT2D eigenvalue weighted by atomic mass is 32.2. The smallest absolute Gasteiger partial charge is 0.265 e. The number of anilines is 1. The second kappa shape index (κ2) is 6.60. The molecular formula is C18H19N3O3S. The van der Waals surface area contributed by atoms with Gasteiger partial charge in [-0.15, -0.1) is 0 Å². The second-order valence-electron chi connectivity index (χ2n) is 5.58. The monoisotopic (exact) mass is 357 g/mol. The fraction of sp³-hybridized carbons (Fsp3) is 0.167. The zero-order valence-corrected chi connectivity index (χ0v) is 15.0. The highest BCUT2D eigenvalue weighted by molar-refractivity contribution is 7.92.